The summed E-state index contributed by atoms with van der Waals surface area (Å²) in [6, 6.07) is 3.85. The SMILES string of the molecule is Brc1cc2oc3oc4cc(Br)c(Br)c(Br)c4c3c2c(Br)c1Br. The minimum absolute atomic E-state index is 0.501. The summed E-state index contributed by atoms with van der Waals surface area (Å²) < 4.78 is 17.3. The predicted octanol–water partition coefficient (Wildman–Crippen LogP) is 8.91. The maximum absolute atomic E-state index is 5.89. The zero-order chi connectivity index (χ0) is 15.8. The molecule has 0 atom stereocenters. The molecule has 0 unspecified atom stereocenters. The number of halogens is 6. The first-order valence-electron chi connectivity index (χ1n) is 5.86. The number of rotatable bonds is 0. The van der Waals surface area contributed by atoms with Crippen molar-refractivity contribution in [3.05, 3.63) is 39.0 Å². The van der Waals surface area contributed by atoms with Gasteiger partial charge < -0.3 is 8.83 Å². The third-order valence-corrected chi connectivity index (χ3v) is 9.97. The van der Waals surface area contributed by atoms with Gasteiger partial charge in [-0.2, -0.15) is 0 Å². The monoisotopic (exact) mass is 676 g/mol. The molecule has 0 bridgehead atoms. The lowest BCUT2D eigenvalue weighted by molar-refractivity contribution is 0.524. The quantitative estimate of drug-likeness (QED) is 0.173. The average Bonchev–Trinajstić information content (AvgIpc) is 2.97. The second-order valence-corrected chi connectivity index (χ2v) is 9.47. The van der Waals surface area contributed by atoms with E-state index in [0.29, 0.717) is 5.78 Å². The van der Waals surface area contributed by atoms with E-state index < -0.39 is 0 Å². The van der Waals surface area contributed by atoms with Crippen LogP contribution in [0.3, 0.4) is 0 Å². The molecular weight excluding hydrogens is 680 g/mol. The molecule has 0 N–H and O–H groups in total. The lowest BCUT2D eigenvalue weighted by Gasteiger charge is -2.03. The summed E-state index contributed by atoms with van der Waals surface area (Å²) in [6.07, 6.45) is 0. The van der Waals surface area contributed by atoms with E-state index in [1.165, 1.54) is 0 Å². The Bertz CT molecular complexity index is 1010. The molecular formula is C14H2Br6O2. The molecule has 0 aliphatic carbocycles. The third-order valence-electron chi connectivity index (χ3n) is 3.36. The van der Waals surface area contributed by atoms with Gasteiger partial charge in [0.25, 0.3) is 5.78 Å². The molecule has 4 aromatic rings. The standard InChI is InChI=1S/C14H2Br6O2/c15-3-1-5-7(12(19)10(3)17)9-8-6(22-14(9)21-5)2-4(16)11(18)13(8)20/h1-2H. The van der Waals surface area contributed by atoms with Gasteiger partial charge in [-0.05, 0) is 108 Å². The van der Waals surface area contributed by atoms with Crippen molar-refractivity contribution < 1.29 is 8.83 Å². The van der Waals surface area contributed by atoms with Crippen molar-refractivity contribution >= 4 is 129 Å². The Kier molecular flexibility index (Phi) is 4.10. The highest BCUT2D eigenvalue weighted by Crippen LogP contribution is 2.49. The normalized spacial score (nSPS) is 12.1. The summed E-state index contributed by atoms with van der Waals surface area (Å²) in [5.41, 5.74) is 1.51. The molecule has 0 aliphatic rings. The Morgan fingerprint density at radius 1 is 0.545 bits per heavy atom. The lowest BCUT2D eigenvalue weighted by atomic mass is 10.1. The first-order chi connectivity index (χ1) is 10.4. The molecule has 112 valence electrons. The Morgan fingerprint density at radius 2 is 0.955 bits per heavy atom. The van der Waals surface area contributed by atoms with E-state index in [2.05, 4.69) is 95.6 Å². The van der Waals surface area contributed by atoms with Gasteiger partial charge in [0.15, 0.2) is 0 Å². The Balaban J connectivity index is 2.33. The molecule has 4 rings (SSSR count). The van der Waals surface area contributed by atoms with E-state index in [-0.39, 0.29) is 0 Å². The van der Waals surface area contributed by atoms with Gasteiger partial charge in [0.2, 0.25) is 0 Å². The molecule has 8 heteroatoms. The second kappa shape index (κ2) is 5.59. The fourth-order valence-corrected chi connectivity index (χ4v) is 5.61. The van der Waals surface area contributed by atoms with Gasteiger partial charge in [0.1, 0.15) is 11.2 Å². The van der Waals surface area contributed by atoms with Gasteiger partial charge in [-0.1, -0.05) is 0 Å². The van der Waals surface area contributed by atoms with E-state index >= 15 is 0 Å². The molecule has 2 aromatic heterocycles. The van der Waals surface area contributed by atoms with Crippen molar-refractivity contribution in [1.29, 1.82) is 0 Å². The summed E-state index contributed by atoms with van der Waals surface area (Å²) in [5, 5.41) is 2.88. The molecule has 2 aromatic carbocycles. The summed E-state index contributed by atoms with van der Waals surface area (Å²) in [7, 11) is 0. The highest BCUT2D eigenvalue weighted by molar-refractivity contribution is 9.15. The maximum Gasteiger partial charge on any atom is 0.299 e. The Hall–Kier alpha value is 0.660. The topological polar surface area (TPSA) is 26.3 Å². The molecule has 0 aliphatic heterocycles. The van der Waals surface area contributed by atoms with E-state index in [1.807, 2.05) is 12.1 Å². The first kappa shape index (κ1) is 16.1. The van der Waals surface area contributed by atoms with E-state index in [1.54, 1.807) is 0 Å². The zero-order valence-corrected chi connectivity index (χ0v) is 19.8. The van der Waals surface area contributed by atoms with Crippen molar-refractivity contribution in [3.63, 3.8) is 0 Å². The van der Waals surface area contributed by atoms with Crippen molar-refractivity contribution in [3.8, 4) is 0 Å². The Labute approximate surface area is 174 Å². The molecule has 0 saturated carbocycles. The minimum atomic E-state index is 0.501. The minimum Gasteiger partial charge on any atom is -0.425 e. The number of hydrogen-bond donors (Lipinski definition) is 0. The summed E-state index contributed by atoms with van der Waals surface area (Å²) in [6.45, 7) is 0. The molecule has 0 amide bonds. The van der Waals surface area contributed by atoms with Crippen LogP contribution in [-0.4, -0.2) is 0 Å². The molecule has 2 heterocycles. The van der Waals surface area contributed by atoms with E-state index in [9.17, 15) is 0 Å². The largest absolute Gasteiger partial charge is 0.425 e. The van der Waals surface area contributed by atoms with Crippen LogP contribution < -0.4 is 0 Å². The van der Waals surface area contributed by atoms with Gasteiger partial charge in [0.05, 0.1) is 5.39 Å². The number of fused-ring (bicyclic) bond motifs is 5. The summed E-state index contributed by atoms with van der Waals surface area (Å²) >= 11 is 21.5. The molecule has 22 heavy (non-hydrogen) atoms. The smallest absolute Gasteiger partial charge is 0.299 e. The van der Waals surface area contributed by atoms with Gasteiger partial charge in [-0.15, -0.1) is 0 Å². The van der Waals surface area contributed by atoms with Crippen molar-refractivity contribution in [2.24, 2.45) is 0 Å². The van der Waals surface area contributed by atoms with Gasteiger partial charge in [0, 0.05) is 37.6 Å². The van der Waals surface area contributed by atoms with Crippen LogP contribution in [-0.2, 0) is 0 Å². The second-order valence-electron chi connectivity index (χ2n) is 4.59. The fraction of sp³-hybridized carbons (Fsp3) is 0. The Morgan fingerprint density at radius 3 is 1.36 bits per heavy atom. The van der Waals surface area contributed by atoms with Crippen LogP contribution in [0.4, 0.5) is 0 Å². The highest BCUT2D eigenvalue weighted by atomic mass is 79.9. The van der Waals surface area contributed by atoms with E-state index in [4.69, 9.17) is 8.83 Å². The number of furan rings is 2. The van der Waals surface area contributed by atoms with Crippen LogP contribution in [0, 0.1) is 0 Å². The van der Waals surface area contributed by atoms with Crippen LogP contribution in [0.5, 0.6) is 0 Å². The van der Waals surface area contributed by atoms with Crippen molar-refractivity contribution in [2.45, 2.75) is 0 Å². The predicted molar refractivity (Wildman–Crippen MR) is 110 cm³/mol. The molecule has 0 fully saturated rings. The summed E-state index contributed by atoms with van der Waals surface area (Å²) in [5.74, 6) is 0.501. The van der Waals surface area contributed by atoms with Crippen LogP contribution in [0.1, 0.15) is 0 Å². The summed E-state index contributed by atoms with van der Waals surface area (Å²) in [4.78, 5) is 0. The highest BCUT2D eigenvalue weighted by Gasteiger charge is 2.23. The average molecular weight is 682 g/mol. The van der Waals surface area contributed by atoms with Crippen molar-refractivity contribution in [2.75, 3.05) is 0 Å². The van der Waals surface area contributed by atoms with Crippen LogP contribution >= 0.6 is 95.6 Å². The lowest BCUT2D eigenvalue weighted by Crippen LogP contribution is -1.78. The zero-order valence-electron chi connectivity index (χ0n) is 10.2. The third kappa shape index (κ3) is 2.17. The van der Waals surface area contributed by atoms with Gasteiger partial charge >= 0.3 is 0 Å². The molecule has 2 nitrogen and oxygen atoms in total. The molecule has 0 radical (unpaired) electrons. The fourth-order valence-electron chi connectivity index (χ4n) is 2.43. The maximum atomic E-state index is 5.89. The van der Waals surface area contributed by atoms with Gasteiger partial charge in [-0.25, -0.2) is 0 Å². The van der Waals surface area contributed by atoms with Crippen LogP contribution in [0.15, 0.2) is 47.8 Å². The molecule has 0 saturated heterocycles. The van der Waals surface area contributed by atoms with Crippen LogP contribution in [0.2, 0.25) is 0 Å². The number of hydrogen-bond acceptors (Lipinski definition) is 2. The van der Waals surface area contributed by atoms with Crippen molar-refractivity contribution in [1.82, 2.24) is 0 Å². The number of benzene rings is 2. The van der Waals surface area contributed by atoms with Crippen LogP contribution in [0.25, 0.3) is 33.1 Å². The van der Waals surface area contributed by atoms with E-state index in [0.717, 1.165) is 54.2 Å². The molecule has 0 spiro atoms. The van der Waals surface area contributed by atoms with Gasteiger partial charge in [-0.3, -0.25) is 0 Å². The first-order valence-corrected chi connectivity index (χ1v) is 10.6.